The molecule has 0 unspecified atom stereocenters. The number of halogens is 1. The Morgan fingerprint density at radius 1 is 1.17 bits per heavy atom. The largest absolute Gasteiger partial charge is 0.506 e. The molecule has 0 atom stereocenters. The molecule has 3 rings (SSSR count). The fourth-order valence-electron chi connectivity index (χ4n) is 2.72. The summed E-state index contributed by atoms with van der Waals surface area (Å²) >= 11 is 0. The summed E-state index contributed by atoms with van der Waals surface area (Å²) in [7, 11) is -7.64. The number of sulfonamides is 1. The third kappa shape index (κ3) is 4.54. The van der Waals surface area contributed by atoms with Crippen molar-refractivity contribution in [3.8, 4) is 5.75 Å². The normalized spacial score (nSPS) is 15.7. The topological polar surface area (TPSA) is 136 Å². The Bertz CT molecular complexity index is 1200. The van der Waals surface area contributed by atoms with E-state index in [1.54, 1.807) is 0 Å². The van der Waals surface area contributed by atoms with Crippen LogP contribution < -0.4 is 13.7 Å². The van der Waals surface area contributed by atoms with Crippen LogP contribution in [0.4, 0.5) is 15.8 Å². The van der Waals surface area contributed by atoms with Crippen LogP contribution in [0.1, 0.15) is 18.1 Å². The lowest BCUT2D eigenvalue weighted by atomic mass is 10.0. The predicted molar refractivity (Wildman–Crippen MR) is 106 cm³/mol. The lowest BCUT2D eigenvalue weighted by Crippen LogP contribution is -2.29. The molecule has 0 fully saturated rings. The van der Waals surface area contributed by atoms with Crippen molar-refractivity contribution in [2.45, 2.75) is 13.3 Å². The summed E-state index contributed by atoms with van der Waals surface area (Å²) in [6.07, 6.45) is 0.966. The lowest BCUT2D eigenvalue weighted by Gasteiger charge is -2.17. The highest BCUT2D eigenvalue weighted by Crippen LogP contribution is 2.33. The van der Waals surface area contributed by atoms with E-state index in [1.165, 1.54) is 37.3 Å². The average molecular weight is 443 g/mol. The highest BCUT2D eigenvalue weighted by Gasteiger charge is 2.30. The molecule has 0 radical (unpaired) electrons. The summed E-state index contributed by atoms with van der Waals surface area (Å²) in [5, 5.41) is 19.6. The Morgan fingerprint density at radius 3 is 2.48 bits per heavy atom. The number of rotatable bonds is 6. The van der Waals surface area contributed by atoms with E-state index in [-0.39, 0.29) is 23.5 Å². The fraction of sp³-hybridized carbons (Fsp3) is 0.176. The van der Waals surface area contributed by atoms with E-state index in [4.69, 9.17) is 0 Å². The second-order valence-corrected chi connectivity index (χ2v) is 9.78. The molecule has 1 aliphatic heterocycles. The molecule has 0 spiro atoms. The highest BCUT2D eigenvalue weighted by molar-refractivity contribution is 7.92. The molecule has 0 saturated carbocycles. The molecule has 0 saturated heterocycles. The van der Waals surface area contributed by atoms with Gasteiger partial charge in [0.1, 0.15) is 17.3 Å². The molecule has 9 nitrogen and oxygen atoms in total. The minimum atomic E-state index is -4.06. The van der Waals surface area contributed by atoms with Gasteiger partial charge in [0.05, 0.1) is 17.6 Å². The maximum Gasteiger partial charge on any atom is 0.330 e. The van der Waals surface area contributed by atoms with E-state index >= 15 is 0 Å². The van der Waals surface area contributed by atoms with Crippen LogP contribution in [0.3, 0.4) is 0 Å². The lowest BCUT2D eigenvalue weighted by molar-refractivity contribution is 0.392. The number of nitrogens with one attached hydrogen (secondary N) is 2. The SMILES string of the molecule is CCS(=O)(=O)Nc1ccc(F)cc1Cc1ccc(N2C=C(O)NS2(=O)=O)c(O)c1. The maximum atomic E-state index is 13.7. The standard InChI is InChI=1S/C17H18FN3O6S2/c1-2-28(24,25)19-14-5-4-13(18)9-12(14)7-11-3-6-15(16(22)8-11)21-10-17(23)20-29(21,26)27/h3-6,8-10,19-20,22-23H,2,7H2,1H3. The first kappa shape index (κ1) is 20.7. The highest BCUT2D eigenvalue weighted by atomic mass is 32.2. The second kappa shape index (κ2) is 7.44. The average Bonchev–Trinajstić information content (AvgIpc) is 2.89. The van der Waals surface area contributed by atoms with Crippen molar-refractivity contribution in [2.75, 3.05) is 14.8 Å². The van der Waals surface area contributed by atoms with Crippen molar-refractivity contribution in [3.63, 3.8) is 0 Å². The molecule has 29 heavy (non-hydrogen) atoms. The van der Waals surface area contributed by atoms with Crippen molar-refractivity contribution < 1.29 is 31.4 Å². The van der Waals surface area contributed by atoms with Gasteiger partial charge in [0.15, 0.2) is 0 Å². The van der Waals surface area contributed by atoms with E-state index in [2.05, 4.69) is 4.72 Å². The molecule has 2 aromatic carbocycles. The van der Waals surface area contributed by atoms with Crippen LogP contribution in [0.5, 0.6) is 5.75 Å². The van der Waals surface area contributed by atoms with Gasteiger partial charge in [-0.15, -0.1) is 0 Å². The number of aliphatic hydroxyl groups excluding tert-OH is 1. The van der Waals surface area contributed by atoms with Crippen LogP contribution in [0.2, 0.25) is 0 Å². The molecule has 1 heterocycles. The summed E-state index contributed by atoms with van der Waals surface area (Å²) in [5.74, 6) is -1.71. The van der Waals surface area contributed by atoms with E-state index in [0.29, 0.717) is 15.4 Å². The van der Waals surface area contributed by atoms with Gasteiger partial charge in [-0.25, -0.2) is 21.8 Å². The van der Waals surface area contributed by atoms with E-state index < -0.39 is 37.7 Å². The first-order valence-corrected chi connectivity index (χ1v) is 11.4. The fourth-order valence-corrected chi connectivity index (χ4v) is 4.47. The number of hydrogen-bond acceptors (Lipinski definition) is 6. The number of nitrogens with zero attached hydrogens (tertiary/aromatic N) is 1. The zero-order valence-corrected chi connectivity index (χ0v) is 16.8. The molecule has 0 aliphatic carbocycles. The Labute approximate surface area is 167 Å². The zero-order chi connectivity index (χ0) is 21.4. The summed E-state index contributed by atoms with van der Waals surface area (Å²) in [5.41, 5.74) is 0.918. The molecule has 1 aliphatic rings. The number of phenols is 1. The predicted octanol–water partition coefficient (Wildman–Crippen LogP) is 1.90. The number of hydrogen-bond donors (Lipinski definition) is 4. The quantitative estimate of drug-likeness (QED) is 0.538. The maximum absolute atomic E-state index is 13.7. The molecule has 0 bridgehead atoms. The molecule has 2 aromatic rings. The number of anilines is 2. The number of aliphatic hydroxyl groups is 1. The van der Waals surface area contributed by atoms with Crippen molar-refractivity contribution in [3.05, 3.63) is 65.4 Å². The number of benzene rings is 2. The van der Waals surface area contributed by atoms with Crippen LogP contribution in [0, 0.1) is 5.82 Å². The van der Waals surface area contributed by atoms with Gasteiger partial charge in [-0.1, -0.05) is 6.07 Å². The smallest absolute Gasteiger partial charge is 0.330 e. The van der Waals surface area contributed by atoms with Gasteiger partial charge in [-0.05, 0) is 54.8 Å². The molecule has 12 heteroatoms. The van der Waals surface area contributed by atoms with Gasteiger partial charge < -0.3 is 10.2 Å². The molecular weight excluding hydrogens is 425 g/mol. The third-order valence-electron chi connectivity index (χ3n) is 4.12. The second-order valence-electron chi connectivity index (χ2n) is 6.22. The van der Waals surface area contributed by atoms with Gasteiger partial charge in [-0.3, -0.25) is 4.72 Å². The van der Waals surface area contributed by atoms with Crippen LogP contribution >= 0.6 is 0 Å². The minimum absolute atomic E-state index is 0.0687. The molecule has 0 amide bonds. The van der Waals surface area contributed by atoms with Crippen molar-refractivity contribution in [2.24, 2.45) is 0 Å². The molecular formula is C17H18FN3O6S2. The van der Waals surface area contributed by atoms with Gasteiger partial charge in [0.2, 0.25) is 15.9 Å². The van der Waals surface area contributed by atoms with Crippen LogP contribution in [0.15, 0.2) is 48.5 Å². The number of aromatic hydroxyl groups is 1. The monoisotopic (exact) mass is 443 g/mol. The van der Waals surface area contributed by atoms with Crippen molar-refractivity contribution >= 4 is 31.6 Å². The van der Waals surface area contributed by atoms with Gasteiger partial charge in [0.25, 0.3) is 0 Å². The van der Waals surface area contributed by atoms with E-state index in [0.717, 1.165) is 12.3 Å². The summed E-state index contributed by atoms with van der Waals surface area (Å²) < 4.78 is 66.2. The van der Waals surface area contributed by atoms with Crippen molar-refractivity contribution in [1.29, 1.82) is 0 Å². The molecule has 156 valence electrons. The van der Waals surface area contributed by atoms with Gasteiger partial charge in [0, 0.05) is 0 Å². The Hall–Kier alpha value is -2.99. The van der Waals surface area contributed by atoms with Crippen LogP contribution in [-0.4, -0.2) is 32.8 Å². The molecule has 0 aromatic heterocycles. The Balaban J connectivity index is 1.93. The zero-order valence-electron chi connectivity index (χ0n) is 15.1. The van der Waals surface area contributed by atoms with Gasteiger partial charge in [-0.2, -0.15) is 8.42 Å². The Kier molecular flexibility index (Phi) is 5.32. The Morgan fingerprint density at radius 2 is 1.90 bits per heavy atom. The van der Waals surface area contributed by atoms with Gasteiger partial charge >= 0.3 is 10.2 Å². The minimum Gasteiger partial charge on any atom is -0.506 e. The third-order valence-corrected chi connectivity index (χ3v) is 6.69. The first-order valence-electron chi connectivity index (χ1n) is 8.34. The summed E-state index contributed by atoms with van der Waals surface area (Å²) in [6, 6.07) is 7.69. The summed E-state index contributed by atoms with van der Waals surface area (Å²) in [6.45, 7) is 1.47. The van der Waals surface area contributed by atoms with Crippen LogP contribution in [-0.2, 0) is 26.7 Å². The first-order chi connectivity index (χ1) is 13.5. The van der Waals surface area contributed by atoms with E-state index in [1.807, 2.05) is 4.72 Å². The van der Waals surface area contributed by atoms with Crippen molar-refractivity contribution in [1.82, 2.24) is 4.72 Å². The van der Waals surface area contributed by atoms with Crippen LogP contribution in [0.25, 0.3) is 0 Å². The summed E-state index contributed by atoms with van der Waals surface area (Å²) in [4.78, 5) is 0. The number of phenolic OH excluding ortho intramolecular Hbond substituents is 1. The molecule has 4 N–H and O–H groups in total. The van der Waals surface area contributed by atoms with E-state index in [9.17, 15) is 31.4 Å².